The molecule has 11 aromatic rings. The lowest BCUT2D eigenvalue weighted by atomic mass is 9.99. The first-order chi connectivity index (χ1) is 25.8. The first-order valence-electron chi connectivity index (χ1n) is 17.6. The van der Waals surface area contributed by atoms with Gasteiger partial charge in [-0.25, -0.2) is 0 Å². The van der Waals surface area contributed by atoms with Crippen LogP contribution >= 0.6 is 22.7 Å². The molecule has 3 heterocycles. The topological polar surface area (TPSA) is 8.17 Å². The van der Waals surface area contributed by atoms with Crippen molar-refractivity contribution in [2.45, 2.75) is 0 Å². The quantitative estimate of drug-likeness (QED) is 0.174. The van der Waals surface area contributed by atoms with E-state index >= 15 is 0 Å². The summed E-state index contributed by atoms with van der Waals surface area (Å²) >= 11 is 3.76. The molecular formula is C48H30N2S2. The highest BCUT2D eigenvalue weighted by Crippen LogP contribution is 2.51. The summed E-state index contributed by atoms with van der Waals surface area (Å²) in [6.07, 6.45) is 0. The molecule has 244 valence electrons. The first kappa shape index (κ1) is 29.5. The van der Waals surface area contributed by atoms with Gasteiger partial charge < -0.3 is 9.47 Å². The first-order valence-corrected chi connectivity index (χ1v) is 19.2. The van der Waals surface area contributed by atoms with Crippen LogP contribution in [0.2, 0.25) is 0 Å². The minimum Gasteiger partial charge on any atom is -0.309 e. The number of nitrogens with zero attached hydrogens (tertiary/aromatic N) is 2. The number of anilines is 3. The molecule has 3 aromatic heterocycles. The molecule has 0 spiro atoms. The number of thiophene rings is 2. The van der Waals surface area contributed by atoms with E-state index in [2.05, 4.69) is 191 Å². The van der Waals surface area contributed by atoms with Gasteiger partial charge in [0.1, 0.15) is 0 Å². The lowest BCUT2D eigenvalue weighted by Gasteiger charge is -2.28. The van der Waals surface area contributed by atoms with Gasteiger partial charge in [-0.2, -0.15) is 0 Å². The molecule has 0 atom stereocenters. The average molecular weight is 699 g/mol. The van der Waals surface area contributed by atoms with Gasteiger partial charge in [0.05, 0.1) is 22.4 Å². The van der Waals surface area contributed by atoms with E-state index in [0.29, 0.717) is 0 Å². The van der Waals surface area contributed by atoms with Gasteiger partial charge in [-0.1, -0.05) is 121 Å². The zero-order valence-electron chi connectivity index (χ0n) is 28.0. The Kier molecular flexibility index (Phi) is 6.63. The summed E-state index contributed by atoms with van der Waals surface area (Å²) in [5.74, 6) is 0. The number of hydrogen-bond acceptors (Lipinski definition) is 3. The van der Waals surface area contributed by atoms with Crippen molar-refractivity contribution in [1.29, 1.82) is 0 Å². The third-order valence-electron chi connectivity index (χ3n) is 10.4. The Morgan fingerprint density at radius 1 is 0.404 bits per heavy atom. The third-order valence-corrected chi connectivity index (χ3v) is 12.7. The van der Waals surface area contributed by atoms with E-state index in [4.69, 9.17) is 0 Å². The van der Waals surface area contributed by atoms with E-state index in [1.807, 2.05) is 22.7 Å². The van der Waals surface area contributed by atoms with Gasteiger partial charge in [-0.3, -0.25) is 0 Å². The lowest BCUT2D eigenvalue weighted by Crippen LogP contribution is -2.11. The van der Waals surface area contributed by atoms with Crippen LogP contribution in [0.5, 0.6) is 0 Å². The zero-order chi connectivity index (χ0) is 34.2. The second-order valence-corrected chi connectivity index (χ2v) is 15.4. The maximum Gasteiger partial charge on any atom is 0.0561 e. The number of rotatable bonds is 5. The molecule has 0 saturated heterocycles. The Morgan fingerprint density at radius 2 is 1.02 bits per heavy atom. The predicted octanol–water partition coefficient (Wildman–Crippen LogP) is 14.7. The number of para-hydroxylation sites is 2. The summed E-state index contributed by atoms with van der Waals surface area (Å²) < 4.78 is 7.60. The monoisotopic (exact) mass is 698 g/mol. The van der Waals surface area contributed by atoms with Gasteiger partial charge in [0.15, 0.2) is 0 Å². The zero-order valence-corrected chi connectivity index (χ0v) is 29.7. The Morgan fingerprint density at radius 3 is 1.83 bits per heavy atom. The number of hydrogen-bond donors (Lipinski definition) is 0. The van der Waals surface area contributed by atoms with Crippen molar-refractivity contribution in [1.82, 2.24) is 4.57 Å². The van der Waals surface area contributed by atoms with Gasteiger partial charge in [0.2, 0.25) is 0 Å². The summed E-state index contributed by atoms with van der Waals surface area (Å²) in [6, 6.07) is 66.6. The van der Waals surface area contributed by atoms with Crippen LogP contribution in [0, 0.1) is 0 Å². The summed E-state index contributed by atoms with van der Waals surface area (Å²) in [6.45, 7) is 0. The highest BCUT2D eigenvalue weighted by atomic mass is 32.1. The van der Waals surface area contributed by atoms with Gasteiger partial charge >= 0.3 is 0 Å². The molecule has 11 rings (SSSR count). The van der Waals surface area contributed by atoms with Crippen LogP contribution in [0.1, 0.15) is 0 Å². The molecule has 52 heavy (non-hydrogen) atoms. The van der Waals surface area contributed by atoms with Gasteiger partial charge in [-0.15, -0.1) is 22.7 Å². The normalized spacial score (nSPS) is 11.8. The van der Waals surface area contributed by atoms with Gasteiger partial charge in [0, 0.05) is 62.5 Å². The molecular weight excluding hydrogens is 669 g/mol. The molecule has 4 heteroatoms. The Bertz CT molecular complexity index is 3130. The van der Waals surface area contributed by atoms with Crippen molar-refractivity contribution >= 4 is 102 Å². The molecule has 0 N–H and O–H groups in total. The molecule has 0 aliphatic carbocycles. The summed E-state index contributed by atoms with van der Waals surface area (Å²) in [5.41, 5.74) is 9.52. The lowest BCUT2D eigenvalue weighted by molar-refractivity contribution is 1.18. The fraction of sp³-hybridized carbons (Fsp3) is 0. The Balaban J connectivity index is 1.28. The van der Waals surface area contributed by atoms with Crippen LogP contribution in [-0.4, -0.2) is 4.57 Å². The SMILES string of the molecule is c1ccc(-c2ccc(N(c3ccc4c5ccccc5n(-c5ccccc5)c4c3)c3cccc4sc5ccccc5c34)c3c2sc2ccccc23)cc1. The summed E-state index contributed by atoms with van der Waals surface area (Å²) in [4.78, 5) is 2.53. The van der Waals surface area contributed by atoms with Crippen LogP contribution in [0.25, 0.3) is 79.0 Å². The molecule has 0 aliphatic heterocycles. The van der Waals surface area contributed by atoms with Crippen molar-refractivity contribution in [2.24, 2.45) is 0 Å². The summed E-state index contributed by atoms with van der Waals surface area (Å²) in [7, 11) is 0. The standard InChI is InChI=1S/C48H30N2S2/c1-3-14-31(15-4-1)34-28-29-41(47-38-20-9-12-24-44(38)52-48(34)47)50(40-22-13-25-45-46(40)37-19-8-11-23-43(37)51-45)33-26-27-36-35-18-7-10-21-39(35)49(42(36)30-33)32-16-5-2-6-17-32/h1-30H. The molecule has 8 aromatic carbocycles. The molecule has 0 fully saturated rings. The van der Waals surface area contributed by atoms with Crippen molar-refractivity contribution < 1.29 is 0 Å². The minimum atomic E-state index is 1.12. The minimum absolute atomic E-state index is 1.12. The fourth-order valence-corrected chi connectivity index (χ4v) is 10.5. The molecule has 0 bridgehead atoms. The third kappa shape index (κ3) is 4.42. The van der Waals surface area contributed by atoms with Crippen molar-refractivity contribution in [2.75, 3.05) is 4.90 Å². The van der Waals surface area contributed by atoms with E-state index in [1.165, 1.54) is 84.7 Å². The highest BCUT2D eigenvalue weighted by Gasteiger charge is 2.24. The van der Waals surface area contributed by atoms with Crippen LogP contribution in [0.4, 0.5) is 17.1 Å². The fourth-order valence-electron chi connectivity index (χ4n) is 8.15. The molecule has 0 radical (unpaired) electrons. The highest BCUT2D eigenvalue weighted by molar-refractivity contribution is 7.26. The average Bonchev–Trinajstić information content (AvgIpc) is 3.89. The van der Waals surface area contributed by atoms with E-state index < -0.39 is 0 Å². The molecule has 0 saturated carbocycles. The number of aromatic nitrogens is 1. The second-order valence-electron chi connectivity index (χ2n) is 13.3. The molecule has 2 nitrogen and oxygen atoms in total. The van der Waals surface area contributed by atoms with Gasteiger partial charge in [0.25, 0.3) is 0 Å². The second kappa shape index (κ2) is 11.7. The van der Waals surface area contributed by atoms with E-state index in [0.717, 1.165) is 11.4 Å². The predicted molar refractivity (Wildman–Crippen MR) is 227 cm³/mol. The van der Waals surface area contributed by atoms with Crippen molar-refractivity contribution in [3.63, 3.8) is 0 Å². The largest absolute Gasteiger partial charge is 0.309 e. The summed E-state index contributed by atoms with van der Waals surface area (Å²) in [5, 5.41) is 7.63. The Labute approximate surface area is 308 Å². The van der Waals surface area contributed by atoms with Gasteiger partial charge in [-0.05, 0) is 71.8 Å². The molecule has 0 unspecified atom stereocenters. The molecule has 0 amide bonds. The van der Waals surface area contributed by atoms with Crippen molar-refractivity contribution in [3.05, 3.63) is 182 Å². The maximum atomic E-state index is 2.53. The molecule has 0 aliphatic rings. The van der Waals surface area contributed by atoms with Crippen LogP contribution in [-0.2, 0) is 0 Å². The van der Waals surface area contributed by atoms with Crippen LogP contribution in [0.3, 0.4) is 0 Å². The van der Waals surface area contributed by atoms with E-state index in [9.17, 15) is 0 Å². The number of fused-ring (bicyclic) bond motifs is 9. The Hall–Kier alpha value is -6.20. The van der Waals surface area contributed by atoms with Crippen LogP contribution < -0.4 is 4.90 Å². The van der Waals surface area contributed by atoms with Crippen LogP contribution in [0.15, 0.2) is 182 Å². The van der Waals surface area contributed by atoms with E-state index in [1.54, 1.807) is 0 Å². The van der Waals surface area contributed by atoms with E-state index in [-0.39, 0.29) is 0 Å². The number of benzene rings is 8. The maximum absolute atomic E-state index is 2.53. The smallest absolute Gasteiger partial charge is 0.0561 e. The van der Waals surface area contributed by atoms with Crippen molar-refractivity contribution in [3.8, 4) is 16.8 Å².